The van der Waals surface area contributed by atoms with Gasteiger partial charge in [-0.25, -0.2) is 4.39 Å². The maximum atomic E-state index is 13.3. The first-order valence-electron chi connectivity index (χ1n) is 8.66. The number of hydrogen-bond donors (Lipinski definition) is 3. The summed E-state index contributed by atoms with van der Waals surface area (Å²) in [4.78, 5) is 0.285. The first-order valence-corrected chi connectivity index (χ1v) is 9.07. The standard InChI is InChI=1S/C22H19FN2O2S/c1-15-4-2-6-19(12-15)24-22(28)20(25-11-3-5-16(13-25)14-26)21(27)17-7-9-18(23)10-8-17/h2-13,26H,14H2,1H3,(H-,24,27,28)/p+1. The summed E-state index contributed by atoms with van der Waals surface area (Å²) in [6.45, 7) is 1.82. The summed E-state index contributed by atoms with van der Waals surface area (Å²) in [7, 11) is 0. The van der Waals surface area contributed by atoms with Crippen molar-refractivity contribution in [2.45, 2.75) is 13.5 Å². The van der Waals surface area contributed by atoms with Crippen molar-refractivity contribution in [2.24, 2.45) is 0 Å². The van der Waals surface area contributed by atoms with Crippen LogP contribution in [0.4, 0.5) is 10.1 Å². The van der Waals surface area contributed by atoms with Gasteiger partial charge in [-0.2, -0.15) is 4.57 Å². The molecule has 0 aliphatic rings. The molecule has 3 aromatic rings. The Labute approximate surface area is 168 Å². The van der Waals surface area contributed by atoms with E-state index in [0.717, 1.165) is 11.3 Å². The van der Waals surface area contributed by atoms with Crippen LogP contribution in [0.25, 0.3) is 11.5 Å². The molecule has 1 aromatic heterocycles. The number of aromatic nitrogens is 1. The highest BCUT2D eigenvalue weighted by Gasteiger charge is 2.24. The number of nitrogens with zero attached hydrogens (tertiary/aromatic N) is 1. The van der Waals surface area contributed by atoms with Gasteiger partial charge < -0.3 is 15.5 Å². The monoisotopic (exact) mass is 395 g/mol. The number of aryl methyl sites for hydroxylation is 1. The summed E-state index contributed by atoms with van der Waals surface area (Å²) in [5, 5.41) is 23.5. The first kappa shape index (κ1) is 19.7. The SMILES string of the molecule is Cc1cccc(NC(=S)/C(=C(/O)c2ccc(F)cc2)[n+]2cccc(CO)c2)c1. The molecule has 0 fully saturated rings. The van der Waals surface area contributed by atoms with E-state index in [1.807, 2.05) is 31.2 Å². The lowest BCUT2D eigenvalue weighted by Gasteiger charge is -2.11. The average Bonchev–Trinajstić information content (AvgIpc) is 2.69. The number of rotatable bonds is 5. The molecule has 3 N–H and O–H groups in total. The van der Waals surface area contributed by atoms with Crippen LogP contribution in [0.2, 0.25) is 0 Å². The molecule has 0 radical (unpaired) electrons. The van der Waals surface area contributed by atoms with E-state index >= 15 is 0 Å². The summed E-state index contributed by atoms with van der Waals surface area (Å²) in [5.74, 6) is -0.501. The Balaban J connectivity index is 2.09. The largest absolute Gasteiger partial charge is 0.502 e. The Morgan fingerprint density at radius 1 is 1.11 bits per heavy atom. The molecule has 0 atom stereocenters. The van der Waals surface area contributed by atoms with E-state index in [4.69, 9.17) is 12.2 Å². The smallest absolute Gasteiger partial charge is 0.288 e. The van der Waals surface area contributed by atoms with Gasteiger partial charge in [-0.3, -0.25) is 0 Å². The number of pyridine rings is 1. The normalized spacial score (nSPS) is 11.7. The summed E-state index contributed by atoms with van der Waals surface area (Å²) >= 11 is 5.58. The predicted molar refractivity (Wildman–Crippen MR) is 112 cm³/mol. The lowest BCUT2D eigenvalue weighted by Crippen LogP contribution is -2.39. The Morgan fingerprint density at radius 3 is 2.54 bits per heavy atom. The Hall–Kier alpha value is -3.09. The molecule has 0 aliphatic carbocycles. The Kier molecular flexibility index (Phi) is 6.13. The van der Waals surface area contributed by atoms with Crippen molar-refractivity contribution in [3.8, 4) is 0 Å². The molecular weight excluding hydrogens is 375 g/mol. The van der Waals surface area contributed by atoms with Gasteiger partial charge in [-0.1, -0.05) is 24.4 Å². The van der Waals surface area contributed by atoms with Crippen molar-refractivity contribution >= 4 is 34.3 Å². The van der Waals surface area contributed by atoms with Gasteiger partial charge in [0.05, 0.1) is 6.61 Å². The highest BCUT2D eigenvalue weighted by atomic mass is 32.1. The fourth-order valence-corrected chi connectivity index (χ4v) is 3.08. The van der Waals surface area contributed by atoms with E-state index in [-0.39, 0.29) is 17.4 Å². The number of thiocarbonyl (C=S) groups is 1. The topological polar surface area (TPSA) is 56.4 Å². The highest BCUT2D eigenvalue weighted by molar-refractivity contribution is 7.81. The predicted octanol–water partition coefficient (Wildman–Crippen LogP) is 4.24. The van der Waals surface area contributed by atoms with E-state index in [0.29, 0.717) is 16.8 Å². The van der Waals surface area contributed by atoms with Gasteiger partial charge in [0.1, 0.15) is 5.82 Å². The number of hydrogen-bond acceptors (Lipinski definition) is 3. The van der Waals surface area contributed by atoms with Crippen molar-refractivity contribution < 1.29 is 19.2 Å². The van der Waals surface area contributed by atoms with E-state index in [1.165, 1.54) is 24.3 Å². The van der Waals surface area contributed by atoms with Crippen LogP contribution in [-0.4, -0.2) is 15.2 Å². The van der Waals surface area contributed by atoms with Crippen LogP contribution in [-0.2, 0) is 6.61 Å². The van der Waals surface area contributed by atoms with E-state index in [1.54, 1.807) is 29.1 Å². The zero-order valence-electron chi connectivity index (χ0n) is 15.3. The Morgan fingerprint density at radius 2 is 1.86 bits per heavy atom. The van der Waals surface area contributed by atoms with Gasteiger partial charge in [-0.15, -0.1) is 0 Å². The molecule has 28 heavy (non-hydrogen) atoms. The molecule has 0 saturated heterocycles. The Bertz CT molecular complexity index is 1030. The van der Waals surface area contributed by atoms with Gasteiger partial charge in [0.2, 0.25) is 0 Å². The van der Waals surface area contributed by atoms with Crippen LogP contribution < -0.4 is 9.88 Å². The maximum Gasteiger partial charge on any atom is 0.288 e. The molecule has 0 saturated carbocycles. The van der Waals surface area contributed by atoms with Gasteiger partial charge in [0.15, 0.2) is 23.1 Å². The molecule has 6 heteroatoms. The van der Waals surface area contributed by atoms with E-state index in [2.05, 4.69) is 5.32 Å². The quantitative estimate of drug-likeness (QED) is 0.262. The molecule has 0 aliphatic heterocycles. The van der Waals surface area contributed by atoms with Gasteiger partial charge in [-0.05, 0) is 55.0 Å². The van der Waals surface area contributed by atoms with Crippen LogP contribution in [0.1, 0.15) is 16.7 Å². The molecule has 4 nitrogen and oxygen atoms in total. The zero-order chi connectivity index (χ0) is 20.1. The van der Waals surface area contributed by atoms with Crippen LogP contribution in [0.3, 0.4) is 0 Å². The van der Waals surface area contributed by atoms with Crippen LogP contribution in [0.5, 0.6) is 0 Å². The number of aliphatic hydroxyl groups is 2. The molecule has 3 rings (SSSR count). The van der Waals surface area contributed by atoms with Crippen LogP contribution >= 0.6 is 12.2 Å². The molecule has 142 valence electrons. The first-order chi connectivity index (χ1) is 13.5. The third-order valence-corrected chi connectivity index (χ3v) is 4.43. The minimum atomic E-state index is -0.395. The summed E-state index contributed by atoms with van der Waals surface area (Å²) in [6, 6.07) is 16.7. The van der Waals surface area contributed by atoms with Crippen molar-refractivity contribution in [2.75, 3.05) is 5.32 Å². The fourth-order valence-electron chi connectivity index (χ4n) is 2.76. The molecule has 2 aromatic carbocycles. The zero-order valence-corrected chi connectivity index (χ0v) is 16.1. The third-order valence-electron chi connectivity index (χ3n) is 4.14. The molecule has 0 spiro atoms. The molecule has 0 amide bonds. The minimum Gasteiger partial charge on any atom is -0.502 e. The third kappa shape index (κ3) is 4.60. The van der Waals surface area contributed by atoms with Crippen molar-refractivity contribution in [3.63, 3.8) is 0 Å². The number of benzene rings is 2. The van der Waals surface area contributed by atoms with Crippen LogP contribution in [0, 0.1) is 12.7 Å². The van der Waals surface area contributed by atoms with Crippen molar-refractivity contribution in [3.05, 3.63) is 95.6 Å². The average molecular weight is 395 g/mol. The highest BCUT2D eigenvalue weighted by Crippen LogP contribution is 2.20. The second kappa shape index (κ2) is 8.73. The van der Waals surface area contributed by atoms with Crippen LogP contribution in [0.15, 0.2) is 73.1 Å². The van der Waals surface area contributed by atoms with Gasteiger partial charge in [0.25, 0.3) is 5.70 Å². The molecular formula is C22H20FN2O2S+. The van der Waals surface area contributed by atoms with Crippen molar-refractivity contribution in [1.82, 2.24) is 0 Å². The second-order valence-corrected chi connectivity index (χ2v) is 6.71. The molecule has 1 heterocycles. The number of aliphatic hydroxyl groups excluding tert-OH is 2. The van der Waals surface area contributed by atoms with E-state index in [9.17, 15) is 14.6 Å². The fraction of sp³-hybridized carbons (Fsp3) is 0.0909. The van der Waals surface area contributed by atoms with E-state index < -0.39 is 5.82 Å². The van der Waals surface area contributed by atoms with Gasteiger partial charge >= 0.3 is 0 Å². The molecule has 0 bridgehead atoms. The summed E-state index contributed by atoms with van der Waals surface area (Å²) in [6.07, 6.45) is 3.40. The number of anilines is 1. The maximum absolute atomic E-state index is 13.3. The second-order valence-electron chi connectivity index (χ2n) is 6.31. The van der Waals surface area contributed by atoms with Gasteiger partial charge in [0, 0.05) is 22.9 Å². The number of halogens is 1. The molecule has 0 unspecified atom stereocenters. The summed E-state index contributed by atoms with van der Waals surface area (Å²) < 4.78 is 14.9. The lowest BCUT2D eigenvalue weighted by molar-refractivity contribution is -0.576. The van der Waals surface area contributed by atoms with Crippen molar-refractivity contribution in [1.29, 1.82) is 0 Å². The number of nitrogens with one attached hydrogen (secondary N) is 1. The summed E-state index contributed by atoms with van der Waals surface area (Å²) in [5.41, 5.74) is 3.25. The minimum absolute atomic E-state index is 0.106. The lowest BCUT2D eigenvalue weighted by atomic mass is 10.1.